The summed E-state index contributed by atoms with van der Waals surface area (Å²) in [6.07, 6.45) is 1.27. The third-order valence-corrected chi connectivity index (χ3v) is 4.14. The smallest absolute Gasteiger partial charge is 0.343 e. The van der Waals surface area contributed by atoms with Gasteiger partial charge in [0.15, 0.2) is 18.1 Å². The maximum atomic E-state index is 12.5. The number of ether oxygens (including phenoxy) is 3. The Kier molecular flexibility index (Phi) is 8.00. The van der Waals surface area contributed by atoms with E-state index < -0.39 is 17.8 Å². The minimum Gasteiger partial charge on any atom is -0.493 e. The number of nitrogens with zero attached hydrogens (tertiary/aromatic N) is 1. The number of amides is 1. The van der Waals surface area contributed by atoms with Gasteiger partial charge < -0.3 is 24.6 Å². The van der Waals surface area contributed by atoms with Gasteiger partial charge in [0.1, 0.15) is 11.6 Å². The molecule has 9 nitrogen and oxygen atoms in total. The average Bonchev–Trinajstić information content (AvgIpc) is 2.76. The number of hydrogen-bond acceptors (Lipinski definition) is 7. The van der Waals surface area contributed by atoms with Gasteiger partial charge in [-0.15, -0.1) is 0 Å². The van der Waals surface area contributed by atoms with Gasteiger partial charge in [0.2, 0.25) is 0 Å². The average molecular weight is 445 g/mol. The normalized spacial score (nSPS) is 10.6. The Morgan fingerprint density at radius 2 is 1.97 bits per heavy atom. The number of benzene rings is 2. The van der Waals surface area contributed by atoms with Gasteiger partial charge in [0, 0.05) is 5.69 Å². The second kappa shape index (κ2) is 10.7. The van der Waals surface area contributed by atoms with Crippen molar-refractivity contribution in [2.24, 2.45) is 0 Å². The molecule has 2 aromatic carbocycles. The van der Waals surface area contributed by atoms with Gasteiger partial charge >= 0.3 is 11.9 Å². The molecule has 0 unspecified atom stereocenters. The van der Waals surface area contributed by atoms with E-state index >= 15 is 0 Å². The molecular formula is C21H17ClN2O7. The Morgan fingerprint density at radius 1 is 1.23 bits per heavy atom. The summed E-state index contributed by atoms with van der Waals surface area (Å²) in [5.74, 6) is -2.23. The number of rotatable bonds is 8. The van der Waals surface area contributed by atoms with E-state index in [0.29, 0.717) is 5.56 Å². The molecule has 0 radical (unpaired) electrons. The van der Waals surface area contributed by atoms with Crippen LogP contribution < -0.4 is 14.8 Å². The molecule has 0 atom stereocenters. The maximum Gasteiger partial charge on any atom is 0.343 e. The summed E-state index contributed by atoms with van der Waals surface area (Å²) in [4.78, 5) is 34.8. The largest absolute Gasteiger partial charge is 0.493 e. The van der Waals surface area contributed by atoms with Crippen LogP contribution in [0.3, 0.4) is 0 Å². The van der Waals surface area contributed by atoms with E-state index in [1.54, 1.807) is 6.07 Å². The van der Waals surface area contributed by atoms with Gasteiger partial charge in [-0.1, -0.05) is 17.7 Å². The number of methoxy groups -OCH3 is 2. The fourth-order valence-corrected chi connectivity index (χ4v) is 2.67. The number of esters is 1. The van der Waals surface area contributed by atoms with E-state index in [9.17, 15) is 19.6 Å². The second-order valence-electron chi connectivity index (χ2n) is 5.91. The Hall–Kier alpha value is -4.03. The van der Waals surface area contributed by atoms with Crippen LogP contribution in [0.5, 0.6) is 11.5 Å². The predicted octanol–water partition coefficient (Wildman–Crippen LogP) is 3.14. The Morgan fingerprint density at radius 3 is 2.58 bits per heavy atom. The number of anilines is 1. The van der Waals surface area contributed by atoms with E-state index in [1.165, 1.54) is 56.7 Å². The first-order chi connectivity index (χ1) is 14.8. The third kappa shape index (κ3) is 6.22. The van der Waals surface area contributed by atoms with Crippen LogP contribution >= 0.6 is 11.6 Å². The van der Waals surface area contributed by atoms with E-state index in [1.807, 2.05) is 0 Å². The van der Waals surface area contributed by atoms with Crippen molar-refractivity contribution < 1.29 is 33.7 Å². The van der Waals surface area contributed by atoms with Crippen molar-refractivity contribution >= 4 is 41.2 Å². The van der Waals surface area contributed by atoms with E-state index in [0.717, 1.165) is 0 Å². The van der Waals surface area contributed by atoms with E-state index in [-0.39, 0.29) is 40.0 Å². The van der Waals surface area contributed by atoms with Crippen molar-refractivity contribution in [1.82, 2.24) is 0 Å². The predicted molar refractivity (Wildman–Crippen MR) is 111 cm³/mol. The molecular weight excluding hydrogens is 428 g/mol. The maximum absolute atomic E-state index is 12.5. The number of hydrogen-bond donors (Lipinski definition) is 2. The zero-order valence-corrected chi connectivity index (χ0v) is 17.2. The molecule has 0 spiro atoms. The first-order valence-corrected chi connectivity index (χ1v) is 9.00. The molecule has 1 amide bonds. The van der Waals surface area contributed by atoms with E-state index in [2.05, 4.69) is 10.1 Å². The number of carboxylic acid groups (broad SMARTS) is 1. The molecule has 0 saturated heterocycles. The number of carbonyl (C=O) groups is 3. The Labute approximate surface area is 182 Å². The summed E-state index contributed by atoms with van der Waals surface area (Å²) in [5.41, 5.74) is 0.299. The summed E-state index contributed by atoms with van der Waals surface area (Å²) in [7, 11) is 2.57. The molecule has 0 saturated carbocycles. The van der Waals surface area contributed by atoms with Crippen LogP contribution in [0.4, 0.5) is 5.69 Å². The molecule has 2 aromatic rings. The van der Waals surface area contributed by atoms with Gasteiger partial charge in [-0.3, -0.25) is 4.79 Å². The minimum atomic E-state index is -1.15. The van der Waals surface area contributed by atoms with Crippen molar-refractivity contribution in [3.8, 4) is 17.6 Å². The fraction of sp³-hybridized carbons (Fsp3) is 0.143. The zero-order chi connectivity index (χ0) is 23.0. The first-order valence-electron chi connectivity index (χ1n) is 8.62. The molecule has 2 N–H and O–H groups in total. The van der Waals surface area contributed by atoms with Gasteiger partial charge in [0.05, 0.1) is 24.8 Å². The zero-order valence-electron chi connectivity index (χ0n) is 16.5. The van der Waals surface area contributed by atoms with Crippen molar-refractivity contribution in [2.75, 3.05) is 26.1 Å². The highest BCUT2D eigenvalue weighted by atomic mass is 35.5. The third-order valence-electron chi connectivity index (χ3n) is 3.86. The number of aromatic carboxylic acids is 1. The second-order valence-corrected chi connectivity index (χ2v) is 6.32. The highest BCUT2D eigenvalue weighted by Gasteiger charge is 2.16. The van der Waals surface area contributed by atoms with Crippen molar-refractivity contribution in [2.45, 2.75) is 0 Å². The molecule has 10 heteroatoms. The van der Waals surface area contributed by atoms with Crippen LogP contribution in [0.15, 0.2) is 42.0 Å². The summed E-state index contributed by atoms with van der Waals surface area (Å²) >= 11 is 6.20. The lowest BCUT2D eigenvalue weighted by atomic mass is 10.1. The molecule has 2 rings (SSSR count). The number of carbonyl (C=O) groups excluding carboxylic acids is 2. The minimum absolute atomic E-state index is 0.0145. The highest BCUT2D eigenvalue weighted by molar-refractivity contribution is 6.32. The first kappa shape index (κ1) is 23.3. The van der Waals surface area contributed by atoms with Crippen LogP contribution in [-0.4, -0.2) is 43.8 Å². The lowest BCUT2D eigenvalue weighted by molar-refractivity contribution is -0.142. The van der Waals surface area contributed by atoms with Crippen LogP contribution in [0.2, 0.25) is 5.02 Å². The topological polar surface area (TPSA) is 135 Å². The lowest BCUT2D eigenvalue weighted by Crippen LogP contribution is -2.14. The van der Waals surface area contributed by atoms with Crippen LogP contribution in [0.1, 0.15) is 15.9 Å². The summed E-state index contributed by atoms with van der Waals surface area (Å²) < 4.78 is 15.0. The molecule has 0 aliphatic heterocycles. The lowest BCUT2D eigenvalue weighted by Gasteiger charge is -2.12. The fourth-order valence-electron chi connectivity index (χ4n) is 2.40. The molecule has 160 valence electrons. The SMILES string of the molecule is COC(=O)COc1c(Cl)cc(/C=C(/C#N)C(=O)Nc2cccc(C(=O)O)c2)cc1OC. The summed E-state index contributed by atoms with van der Waals surface area (Å²) in [6.45, 7) is -0.386. The molecule has 0 aromatic heterocycles. The number of nitrogens with one attached hydrogen (secondary N) is 1. The van der Waals surface area contributed by atoms with Crippen LogP contribution in [0.25, 0.3) is 6.08 Å². The molecule has 0 heterocycles. The standard InChI is InChI=1S/C21H17ClN2O7/c1-29-17-8-12(7-16(22)19(17)31-11-18(25)30-2)6-14(10-23)20(26)24-15-5-3-4-13(9-15)21(27)28/h3-9H,11H2,1-2H3,(H,24,26)(H,27,28)/b14-6-. The Bertz CT molecular complexity index is 1090. The number of carboxylic acids is 1. The van der Waals surface area contributed by atoms with Crippen LogP contribution in [-0.2, 0) is 14.3 Å². The van der Waals surface area contributed by atoms with Gasteiger partial charge in [-0.2, -0.15) is 5.26 Å². The van der Waals surface area contributed by atoms with Gasteiger partial charge in [0.25, 0.3) is 5.91 Å². The highest BCUT2D eigenvalue weighted by Crippen LogP contribution is 2.37. The Balaban J connectivity index is 2.29. The van der Waals surface area contributed by atoms with Crippen LogP contribution in [0, 0.1) is 11.3 Å². The monoisotopic (exact) mass is 444 g/mol. The van der Waals surface area contributed by atoms with Crippen molar-refractivity contribution in [3.63, 3.8) is 0 Å². The summed E-state index contributed by atoms with van der Waals surface area (Å²) in [5, 5.41) is 21.0. The van der Waals surface area contributed by atoms with Gasteiger partial charge in [-0.25, -0.2) is 9.59 Å². The molecule has 31 heavy (non-hydrogen) atoms. The molecule has 0 aliphatic carbocycles. The quantitative estimate of drug-likeness (QED) is 0.360. The molecule has 0 aliphatic rings. The van der Waals surface area contributed by atoms with Gasteiger partial charge in [-0.05, 0) is 42.0 Å². The molecule has 0 bridgehead atoms. The van der Waals surface area contributed by atoms with Crippen molar-refractivity contribution in [1.29, 1.82) is 5.26 Å². The van der Waals surface area contributed by atoms with Crippen molar-refractivity contribution in [3.05, 3.63) is 58.1 Å². The molecule has 0 fully saturated rings. The number of nitriles is 1. The summed E-state index contributed by atoms with van der Waals surface area (Å²) in [6, 6.07) is 10.3. The van der Waals surface area contributed by atoms with E-state index in [4.69, 9.17) is 26.2 Å². The number of halogens is 1.